The summed E-state index contributed by atoms with van der Waals surface area (Å²) in [5.74, 6) is -3.28. The van der Waals surface area contributed by atoms with Gasteiger partial charge >= 0.3 is 11.9 Å². The van der Waals surface area contributed by atoms with Crippen LogP contribution in [0.5, 0.6) is 5.75 Å². The maximum atomic E-state index is 13.1. The first-order valence-electron chi connectivity index (χ1n) is 9.02. The zero-order valence-corrected chi connectivity index (χ0v) is 15.7. The third-order valence-corrected chi connectivity index (χ3v) is 4.13. The third-order valence-electron chi connectivity index (χ3n) is 4.13. The molecule has 0 atom stereocenters. The van der Waals surface area contributed by atoms with Crippen LogP contribution in [0.25, 0.3) is 0 Å². The lowest BCUT2D eigenvalue weighted by Crippen LogP contribution is -2.21. The first-order valence-corrected chi connectivity index (χ1v) is 9.02. The molecule has 2 N–H and O–H groups in total. The summed E-state index contributed by atoms with van der Waals surface area (Å²) in [5.41, 5.74) is 1.04. The SMILES string of the molecule is COc1cc(F)ccc1CCCOCCCN1CCCC1.O=C(O)C(=O)O. The molecule has 1 heterocycles. The monoisotopic (exact) mass is 385 g/mol. The number of aryl methyl sites for hydroxylation is 1. The normalized spacial score (nSPS) is 13.7. The molecule has 1 aromatic carbocycles. The number of nitrogens with zero attached hydrogens (tertiary/aromatic N) is 1. The van der Waals surface area contributed by atoms with Crippen LogP contribution in [0.2, 0.25) is 0 Å². The molecule has 0 radical (unpaired) electrons. The lowest BCUT2D eigenvalue weighted by molar-refractivity contribution is -0.159. The minimum absolute atomic E-state index is 0.256. The van der Waals surface area contributed by atoms with Crippen molar-refractivity contribution in [3.63, 3.8) is 0 Å². The number of hydrogen-bond donors (Lipinski definition) is 2. The smallest absolute Gasteiger partial charge is 0.414 e. The molecule has 0 saturated carbocycles. The van der Waals surface area contributed by atoms with Crippen LogP contribution in [0.3, 0.4) is 0 Å². The molecule has 0 aromatic heterocycles. The second kappa shape index (κ2) is 13.1. The molecular weight excluding hydrogens is 357 g/mol. The van der Waals surface area contributed by atoms with Crippen LogP contribution in [0, 0.1) is 5.82 Å². The van der Waals surface area contributed by atoms with E-state index in [9.17, 15) is 4.39 Å². The number of rotatable bonds is 9. The van der Waals surface area contributed by atoms with E-state index in [0.29, 0.717) is 5.75 Å². The van der Waals surface area contributed by atoms with Crippen molar-refractivity contribution in [2.75, 3.05) is 40.0 Å². The Hall–Kier alpha value is -2.19. The van der Waals surface area contributed by atoms with Crippen LogP contribution in [0.15, 0.2) is 18.2 Å². The van der Waals surface area contributed by atoms with E-state index in [1.54, 1.807) is 13.2 Å². The van der Waals surface area contributed by atoms with Crippen LogP contribution in [-0.2, 0) is 20.7 Å². The number of halogens is 1. The number of carbonyl (C=O) groups is 2. The van der Waals surface area contributed by atoms with E-state index in [4.69, 9.17) is 29.3 Å². The molecule has 1 aliphatic rings. The van der Waals surface area contributed by atoms with Gasteiger partial charge in [-0.25, -0.2) is 14.0 Å². The van der Waals surface area contributed by atoms with Crippen LogP contribution < -0.4 is 4.74 Å². The average Bonchev–Trinajstić information content (AvgIpc) is 3.15. The summed E-state index contributed by atoms with van der Waals surface area (Å²) in [6, 6.07) is 4.71. The summed E-state index contributed by atoms with van der Waals surface area (Å²) in [6.45, 7) is 5.25. The Bertz CT molecular complexity index is 578. The van der Waals surface area contributed by atoms with Crippen molar-refractivity contribution < 1.29 is 33.7 Å². The predicted octanol–water partition coefficient (Wildman–Crippen LogP) is 2.43. The van der Waals surface area contributed by atoms with Crippen molar-refractivity contribution in [3.05, 3.63) is 29.6 Å². The zero-order valence-electron chi connectivity index (χ0n) is 15.7. The fourth-order valence-corrected chi connectivity index (χ4v) is 2.79. The van der Waals surface area contributed by atoms with E-state index in [0.717, 1.165) is 44.6 Å². The molecule has 1 fully saturated rings. The molecule has 1 saturated heterocycles. The quantitative estimate of drug-likeness (QED) is 0.498. The van der Waals surface area contributed by atoms with Gasteiger partial charge in [-0.2, -0.15) is 0 Å². The summed E-state index contributed by atoms with van der Waals surface area (Å²) < 4.78 is 23.9. The maximum Gasteiger partial charge on any atom is 0.414 e. The van der Waals surface area contributed by atoms with Crippen LogP contribution in [-0.4, -0.2) is 67.0 Å². The fraction of sp³-hybridized carbons (Fsp3) is 0.579. The minimum atomic E-state index is -1.82. The lowest BCUT2D eigenvalue weighted by atomic mass is 10.1. The number of hydrogen-bond acceptors (Lipinski definition) is 5. The van der Waals surface area contributed by atoms with Crippen LogP contribution >= 0.6 is 0 Å². The molecule has 1 aliphatic heterocycles. The molecule has 7 nitrogen and oxygen atoms in total. The number of methoxy groups -OCH3 is 1. The molecule has 0 aliphatic carbocycles. The van der Waals surface area contributed by atoms with E-state index in [2.05, 4.69) is 4.90 Å². The highest BCUT2D eigenvalue weighted by atomic mass is 19.1. The zero-order chi connectivity index (χ0) is 20.1. The van der Waals surface area contributed by atoms with Gasteiger partial charge in [-0.05, 0) is 56.8 Å². The van der Waals surface area contributed by atoms with Gasteiger partial charge < -0.3 is 24.6 Å². The largest absolute Gasteiger partial charge is 0.496 e. The summed E-state index contributed by atoms with van der Waals surface area (Å²) in [4.78, 5) is 20.7. The Labute approximate surface area is 158 Å². The van der Waals surface area contributed by atoms with Gasteiger partial charge in [-0.3, -0.25) is 0 Å². The standard InChI is InChI=1S/C17H26FNO2.C2H2O4/c1-20-17-14-16(18)8-7-15(17)6-4-12-21-13-5-11-19-9-2-3-10-19;3-1(4)2(5)6/h7-8,14H,2-6,9-13H2,1H3;(H,3,4)(H,5,6). The minimum Gasteiger partial charge on any atom is -0.496 e. The number of likely N-dealkylation sites (tertiary alicyclic amines) is 1. The Morgan fingerprint density at radius 2 is 1.74 bits per heavy atom. The molecule has 8 heteroatoms. The van der Waals surface area contributed by atoms with E-state index in [-0.39, 0.29) is 5.82 Å². The molecule has 0 amide bonds. The van der Waals surface area contributed by atoms with E-state index >= 15 is 0 Å². The number of benzene rings is 1. The molecule has 152 valence electrons. The van der Waals surface area contributed by atoms with Crippen molar-refractivity contribution in [2.24, 2.45) is 0 Å². The van der Waals surface area contributed by atoms with Gasteiger partial charge in [0.1, 0.15) is 11.6 Å². The summed E-state index contributed by atoms with van der Waals surface area (Å²) in [5, 5.41) is 14.8. The molecular formula is C19H28FNO6. The maximum absolute atomic E-state index is 13.1. The number of carboxylic acid groups (broad SMARTS) is 2. The molecule has 0 spiro atoms. The third kappa shape index (κ3) is 9.91. The number of aliphatic carboxylic acids is 2. The first kappa shape index (κ1) is 22.9. The Morgan fingerprint density at radius 3 is 2.33 bits per heavy atom. The van der Waals surface area contributed by atoms with Gasteiger partial charge in [0.25, 0.3) is 0 Å². The van der Waals surface area contributed by atoms with Gasteiger partial charge in [0.05, 0.1) is 7.11 Å². The van der Waals surface area contributed by atoms with Gasteiger partial charge in [-0.15, -0.1) is 0 Å². The van der Waals surface area contributed by atoms with Gasteiger partial charge in [0, 0.05) is 25.8 Å². The molecule has 27 heavy (non-hydrogen) atoms. The van der Waals surface area contributed by atoms with Gasteiger partial charge in [0.2, 0.25) is 0 Å². The second-order valence-corrected chi connectivity index (χ2v) is 6.18. The highest BCUT2D eigenvalue weighted by molar-refractivity contribution is 6.27. The van der Waals surface area contributed by atoms with Crippen molar-refractivity contribution >= 4 is 11.9 Å². The average molecular weight is 385 g/mol. The fourth-order valence-electron chi connectivity index (χ4n) is 2.79. The Balaban J connectivity index is 0.000000527. The molecule has 2 rings (SSSR count). The Kier molecular flexibility index (Phi) is 11.0. The molecule has 0 unspecified atom stereocenters. The molecule has 1 aromatic rings. The molecule has 0 bridgehead atoms. The van der Waals surface area contributed by atoms with Crippen molar-refractivity contribution in [1.82, 2.24) is 4.90 Å². The van der Waals surface area contributed by atoms with E-state index in [1.807, 2.05) is 0 Å². The van der Waals surface area contributed by atoms with Gasteiger partial charge in [0.15, 0.2) is 0 Å². The summed E-state index contributed by atoms with van der Waals surface area (Å²) >= 11 is 0. The first-order chi connectivity index (χ1) is 12.9. The van der Waals surface area contributed by atoms with Crippen molar-refractivity contribution in [1.29, 1.82) is 0 Å². The van der Waals surface area contributed by atoms with Crippen molar-refractivity contribution in [2.45, 2.75) is 32.1 Å². The van der Waals surface area contributed by atoms with Crippen LogP contribution in [0.4, 0.5) is 4.39 Å². The lowest BCUT2D eigenvalue weighted by Gasteiger charge is -2.14. The highest BCUT2D eigenvalue weighted by Gasteiger charge is 2.10. The second-order valence-electron chi connectivity index (χ2n) is 6.18. The van der Waals surface area contributed by atoms with E-state index < -0.39 is 11.9 Å². The van der Waals surface area contributed by atoms with Crippen molar-refractivity contribution in [3.8, 4) is 5.75 Å². The number of carboxylic acids is 2. The number of ether oxygens (including phenoxy) is 2. The van der Waals surface area contributed by atoms with Crippen LogP contribution in [0.1, 0.15) is 31.2 Å². The predicted molar refractivity (Wildman–Crippen MR) is 97.7 cm³/mol. The topological polar surface area (TPSA) is 96.3 Å². The van der Waals surface area contributed by atoms with Gasteiger partial charge in [-0.1, -0.05) is 6.07 Å². The Morgan fingerprint density at radius 1 is 1.11 bits per heavy atom. The van der Waals surface area contributed by atoms with E-state index in [1.165, 1.54) is 38.1 Å². The summed E-state index contributed by atoms with van der Waals surface area (Å²) in [6.07, 6.45) is 5.60. The summed E-state index contributed by atoms with van der Waals surface area (Å²) in [7, 11) is 1.58. The highest BCUT2D eigenvalue weighted by Crippen LogP contribution is 2.20.